The van der Waals surface area contributed by atoms with Crippen molar-refractivity contribution < 1.29 is 18.9 Å². The predicted molar refractivity (Wildman–Crippen MR) is 72.5 cm³/mol. The molecule has 0 radical (unpaired) electrons. The highest BCUT2D eigenvalue weighted by atomic mass is 32.2. The first kappa shape index (κ1) is 15.4. The zero-order valence-electron chi connectivity index (χ0n) is 10.9. The number of aromatic carboxylic acids is 1. The molecule has 1 atom stereocenters. The topological polar surface area (TPSA) is 83.5 Å². The number of carboxylic acid groups (broad SMARTS) is 1. The van der Waals surface area contributed by atoms with Crippen LogP contribution in [-0.4, -0.2) is 33.5 Å². The zero-order valence-corrected chi connectivity index (χ0v) is 11.7. The predicted octanol–water partition coefficient (Wildman–Crippen LogP) is 1.26. The molecule has 1 rings (SSSR count). The highest BCUT2D eigenvalue weighted by molar-refractivity contribution is 7.85. The van der Waals surface area contributed by atoms with Gasteiger partial charge in [-0.05, 0) is 24.1 Å². The molecule has 0 aromatic heterocycles. The van der Waals surface area contributed by atoms with Gasteiger partial charge in [0, 0.05) is 11.4 Å². The van der Waals surface area contributed by atoms with Crippen molar-refractivity contribution in [2.45, 2.75) is 18.7 Å². The van der Waals surface area contributed by atoms with Crippen molar-refractivity contribution in [2.24, 2.45) is 5.92 Å². The third kappa shape index (κ3) is 5.21. The van der Waals surface area contributed by atoms with E-state index in [0.29, 0.717) is 17.4 Å². The smallest absolute Gasteiger partial charge is 0.335 e. The first-order valence-electron chi connectivity index (χ1n) is 5.88. The van der Waals surface area contributed by atoms with Crippen LogP contribution in [0.2, 0.25) is 0 Å². The van der Waals surface area contributed by atoms with E-state index in [9.17, 15) is 13.8 Å². The minimum absolute atomic E-state index is 0.0634. The highest BCUT2D eigenvalue weighted by Gasteiger charge is 2.12. The minimum Gasteiger partial charge on any atom is -0.478 e. The number of carbonyl (C=O) groups is 2. The first-order chi connectivity index (χ1) is 8.90. The van der Waals surface area contributed by atoms with E-state index >= 15 is 0 Å². The molecule has 6 heteroatoms. The fourth-order valence-corrected chi connectivity index (χ4v) is 2.34. The van der Waals surface area contributed by atoms with E-state index in [1.54, 1.807) is 6.07 Å². The molecule has 0 saturated carbocycles. The summed E-state index contributed by atoms with van der Waals surface area (Å²) in [6.45, 7) is 4.46. The van der Waals surface area contributed by atoms with Crippen molar-refractivity contribution in [1.29, 1.82) is 0 Å². The highest BCUT2D eigenvalue weighted by Crippen LogP contribution is 2.10. The lowest BCUT2D eigenvalue weighted by atomic mass is 10.2. The maximum absolute atomic E-state index is 11.9. The summed E-state index contributed by atoms with van der Waals surface area (Å²) < 4.78 is 11.9. The van der Waals surface area contributed by atoms with Crippen molar-refractivity contribution in [3.63, 3.8) is 0 Å². The molecule has 2 N–H and O–H groups in total. The summed E-state index contributed by atoms with van der Waals surface area (Å²) in [5.41, 5.74) is 0.0634. The summed E-state index contributed by atoms with van der Waals surface area (Å²) in [6, 6.07) is 5.82. The number of amides is 1. The van der Waals surface area contributed by atoms with Gasteiger partial charge in [-0.15, -0.1) is 0 Å². The van der Waals surface area contributed by atoms with Gasteiger partial charge in [-0.3, -0.25) is 9.00 Å². The maximum Gasteiger partial charge on any atom is 0.335 e. The van der Waals surface area contributed by atoms with Gasteiger partial charge < -0.3 is 10.4 Å². The summed E-state index contributed by atoms with van der Waals surface area (Å²) in [6.07, 6.45) is 0. The van der Waals surface area contributed by atoms with Gasteiger partial charge in [0.05, 0.1) is 16.4 Å². The average molecular weight is 283 g/mol. The van der Waals surface area contributed by atoms with Crippen LogP contribution in [0.15, 0.2) is 29.2 Å². The average Bonchev–Trinajstić information content (AvgIpc) is 2.36. The molecule has 104 valence electrons. The molecule has 0 aliphatic heterocycles. The molecule has 0 spiro atoms. The van der Waals surface area contributed by atoms with Crippen LogP contribution in [0.3, 0.4) is 0 Å². The van der Waals surface area contributed by atoms with Crippen molar-refractivity contribution >= 4 is 22.7 Å². The van der Waals surface area contributed by atoms with E-state index in [0.717, 1.165) is 0 Å². The lowest BCUT2D eigenvalue weighted by molar-refractivity contribution is -0.118. The zero-order chi connectivity index (χ0) is 14.4. The van der Waals surface area contributed by atoms with Crippen LogP contribution in [0.4, 0.5) is 0 Å². The van der Waals surface area contributed by atoms with E-state index < -0.39 is 16.8 Å². The standard InChI is InChI=1S/C13H17NO4S/c1-9(2)7-14-12(15)8-19(18)11-5-3-4-10(6-11)13(16)17/h3-6,9H,7-8H2,1-2H3,(H,14,15)(H,16,17). The summed E-state index contributed by atoms with van der Waals surface area (Å²) in [4.78, 5) is 22.7. The van der Waals surface area contributed by atoms with Crippen LogP contribution < -0.4 is 5.32 Å². The molecule has 1 aromatic carbocycles. The van der Waals surface area contributed by atoms with Crippen LogP contribution in [0.1, 0.15) is 24.2 Å². The van der Waals surface area contributed by atoms with Gasteiger partial charge in [-0.25, -0.2) is 4.79 Å². The maximum atomic E-state index is 11.9. The molecule has 0 saturated heterocycles. The Kier molecular flexibility index (Phi) is 5.69. The molecule has 1 unspecified atom stereocenters. The van der Waals surface area contributed by atoms with Gasteiger partial charge in [0.25, 0.3) is 0 Å². The third-order valence-electron chi connectivity index (χ3n) is 2.31. The van der Waals surface area contributed by atoms with Crippen LogP contribution in [0.5, 0.6) is 0 Å². The minimum atomic E-state index is -1.53. The Labute approximate surface area is 114 Å². The number of hydrogen-bond acceptors (Lipinski definition) is 3. The summed E-state index contributed by atoms with van der Waals surface area (Å²) in [5.74, 6) is -1.21. The Balaban J connectivity index is 2.65. The fraction of sp³-hybridized carbons (Fsp3) is 0.385. The molecule has 0 fully saturated rings. The molecule has 0 aliphatic rings. The molecule has 19 heavy (non-hydrogen) atoms. The summed E-state index contributed by atoms with van der Waals surface area (Å²) >= 11 is 0. The van der Waals surface area contributed by atoms with Crippen LogP contribution in [-0.2, 0) is 15.6 Å². The second-order valence-corrected chi connectivity index (χ2v) is 5.97. The molecule has 1 amide bonds. The number of carbonyl (C=O) groups excluding carboxylic acids is 1. The van der Waals surface area contributed by atoms with E-state index in [4.69, 9.17) is 5.11 Å². The van der Waals surface area contributed by atoms with Crippen LogP contribution >= 0.6 is 0 Å². The molecule has 0 bridgehead atoms. The normalized spacial score (nSPS) is 12.2. The number of rotatable bonds is 6. The van der Waals surface area contributed by atoms with Gasteiger partial charge in [0.15, 0.2) is 0 Å². The third-order valence-corrected chi connectivity index (χ3v) is 3.62. The fourth-order valence-electron chi connectivity index (χ4n) is 1.34. The molecule has 1 aromatic rings. The number of benzene rings is 1. The van der Waals surface area contributed by atoms with Crippen LogP contribution in [0, 0.1) is 5.92 Å². The lowest BCUT2D eigenvalue weighted by Crippen LogP contribution is -2.31. The number of carboxylic acids is 1. The number of hydrogen-bond donors (Lipinski definition) is 2. The second-order valence-electron chi connectivity index (χ2n) is 4.52. The summed E-state index contributed by atoms with van der Waals surface area (Å²) in [5, 5.41) is 11.5. The van der Waals surface area contributed by atoms with Crippen molar-refractivity contribution in [2.75, 3.05) is 12.3 Å². The molecule has 5 nitrogen and oxygen atoms in total. The van der Waals surface area contributed by atoms with E-state index in [-0.39, 0.29) is 17.2 Å². The largest absolute Gasteiger partial charge is 0.478 e. The Hall–Kier alpha value is -1.69. The van der Waals surface area contributed by atoms with Gasteiger partial charge in [-0.1, -0.05) is 19.9 Å². The first-order valence-corrected chi connectivity index (χ1v) is 7.20. The molecule has 0 heterocycles. The Morgan fingerprint density at radius 1 is 1.37 bits per heavy atom. The lowest BCUT2D eigenvalue weighted by Gasteiger charge is -2.07. The quantitative estimate of drug-likeness (QED) is 0.823. The van der Waals surface area contributed by atoms with Gasteiger partial charge in [0.2, 0.25) is 5.91 Å². The van der Waals surface area contributed by atoms with Gasteiger partial charge >= 0.3 is 5.97 Å². The molecular formula is C13H17NO4S. The van der Waals surface area contributed by atoms with Gasteiger partial charge in [-0.2, -0.15) is 0 Å². The monoisotopic (exact) mass is 283 g/mol. The summed E-state index contributed by atoms with van der Waals surface area (Å²) in [7, 11) is -1.53. The number of nitrogens with one attached hydrogen (secondary N) is 1. The van der Waals surface area contributed by atoms with Crippen LogP contribution in [0.25, 0.3) is 0 Å². The Morgan fingerprint density at radius 3 is 2.63 bits per heavy atom. The molecule has 0 aliphatic carbocycles. The SMILES string of the molecule is CC(C)CNC(=O)CS(=O)c1cccc(C(=O)O)c1. The Bertz CT molecular complexity index is 499. The second kappa shape index (κ2) is 7.04. The molecular weight excluding hydrogens is 266 g/mol. The van der Waals surface area contributed by atoms with Crippen molar-refractivity contribution in [1.82, 2.24) is 5.32 Å². The van der Waals surface area contributed by atoms with Crippen molar-refractivity contribution in [3.05, 3.63) is 29.8 Å². The Morgan fingerprint density at radius 2 is 2.05 bits per heavy atom. The van der Waals surface area contributed by atoms with E-state index in [1.807, 2.05) is 13.8 Å². The van der Waals surface area contributed by atoms with E-state index in [2.05, 4.69) is 5.32 Å². The van der Waals surface area contributed by atoms with Crippen molar-refractivity contribution in [3.8, 4) is 0 Å². The van der Waals surface area contributed by atoms with E-state index in [1.165, 1.54) is 18.2 Å². The van der Waals surface area contributed by atoms with Gasteiger partial charge in [0.1, 0.15) is 5.75 Å².